The van der Waals surface area contributed by atoms with Crippen LogP contribution in [0, 0.1) is 0 Å². The van der Waals surface area contributed by atoms with Gasteiger partial charge in [0.05, 0.1) is 5.52 Å². The Labute approximate surface area is 123 Å². The lowest BCUT2D eigenvalue weighted by atomic mass is 10.2. The lowest BCUT2D eigenvalue weighted by molar-refractivity contribution is 1.09. The smallest absolute Gasteiger partial charge is 0.187 e. The third-order valence-corrected chi connectivity index (χ3v) is 3.66. The van der Waals surface area contributed by atoms with Gasteiger partial charge in [-0.15, -0.1) is 10.2 Å². The molecule has 0 fully saturated rings. The molecule has 0 aliphatic carbocycles. The standard InChI is InChI=1S/C15H9BrN4/c16-11-6-8-14-18-19-15(20(14)9-11)13-7-5-10-3-1-2-4-12(10)17-13/h1-9H. The quantitative estimate of drug-likeness (QED) is 0.536. The highest BCUT2D eigenvalue weighted by atomic mass is 79.9. The van der Waals surface area contributed by atoms with Crippen molar-refractivity contribution in [2.45, 2.75) is 0 Å². The molecule has 0 aliphatic heterocycles. The van der Waals surface area contributed by atoms with E-state index >= 15 is 0 Å². The summed E-state index contributed by atoms with van der Waals surface area (Å²) in [5.74, 6) is 0.743. The SMILES string of the molecule is Brc1ccc2nnc(-c3ccc4ccccc4n3)n2c1. The average molecular weight is 325 g/mol. The molecule has 0 unspecified atom stereocenters. The highest BCUT2D eigenvalue weighted by Crippen LogP contribution is 2.21. The summed E-state index contributed by atoms with van der Waals surface area (Å²) in [6, 6.07) is 15.9. The summed E-state index contributed by atoms with van der Waals surface area (Å²) in [5.41, 5.74) is 2.57. The molecule has 4 aromatic rings. The molecule has 3 aromatic heterocycles. The molecule has 0 atom stereocenters. The predicted molar refractivity (Wildman–Crippen MR) is 81.4 cm³/mol. The van der Waals surface area contributed by atoms with E-state index in [-0.39, 0.29) is 0 Å². The van der Waals surface area contributed by atoms with E-state index in [1.807, 2.05) is 53.1 Å². The first-order chi connectivity index (χ1) is 9.81. The fourth-order valence-corrected chi connectivity index (χ4v) is 2.57. The molecule has 1 aromatic carbocycles. The maximum Gasteiger partial charge on any atom is 0.187 e. The Kier molecular flexibility index (Phi) is 2.53. The Morgan fingerprint density at radius 1 is 0.900 bits per heavy atom. The summed E-state index contributed by atoms with van der Waals surface area (Å²) in [6.07, 6.45) is 1.95. The van der Waals surface area contributed by atoms with E-state index in [4.69, 9.17) is 0 Å². The van der Waals surface area contributed by atoms with Crippen LogP contribution in [0.15, 0.2) is 59.2 Å². The van der Waals surface area contributed by atoms with Gasteiger partial charge in [-0.1, -0.05) is 24.3 Å². The normalized spacial score (nSPS) is 11.2. The Hall–Kier alpha value is -2.27. The molecule has 4 nitrogen and oxygen atoms in total. The molecule has 0 radical (unpaired) electrons. The number of benzene rings is 1. The molecule has 3 heterocycles. The second kappa shape index (κ2) is 4.38. The predicted octanol–water partition coefficient (Wildman–Crippen LogP) is 3.71. The number of rotatable bonds is 1. The summed E-state index contributed by atoms with van der Waals surface area (Å²) in [5, 5.41) is 9.53. The van der Waals surface area contributed by atoms with Crippen LogP contribution in [0.1, 0.15) is 0 Å². The second-order valence-electron chi connectivity index (χ2n) is 4.49. The fourth-order valence-electron chi connectivity index (χ4n) is 2.23. The monoisotopic (exact) mass is 324 g/mol. The largest absolute Gasteiger partial charge is 0.280 e. The van der Waals surface area contributed by atoms with Gasteiger partial charge in [0.25, 0.3) is 0 Å². The number of fused-ring (bicyclic) bond motifs is 2. The third kappa shape index (κ3) is 1.78. The van der Waals surface area contributed by atoms with Crippen LogP contribution in [0.4, 0.5) is 0 Å². The molecule has 0 saturated heterocycles. The topological polar surface area (TPSA) is 43.1 Å². The van der Waals surface area contributed by atoms with Crippen LogP contribution in [0.25, 0.3) is 28.1 Å². The zero-order valence-corrected chi connectivity index (χ0v) is 11.9. The van der Waals surface area contributed by atoms with Crippen LogP contribution < -0.4 is 0 Å². The van der Waals surface area contributed by atoms with Crippen LogP contribution in [0.3, 0.4) is 0 Å². The van der Waals surface area contributed by atoms with Crippen molar-refractivity contribution >= 4 is 32.5 Å². The molecular formula is C15H9BrN4. The van der Waals surface area contributed by atoms with E-state index in [0.29, 0.717) is 0 Å². The molecule has 0 saturated carbocycles. The highest BCUT2D eigenvalue weighted by Gasteiger charge is 2.10. The summed E-state index contributed by atoms with van der Waals surface area (Å²) in [6.45, 7) is 0. The van der Waals surface area contributed by atoms with Gasteiger partial charge in [-0.2, -0.15) is 0 Å². The number of hydrogen-bond donors (Lipinski definition) is 0. The van der Waals surface area contributed by atoms with Crippen molar-refractivity contribution in [2.75, 3.05) is 0 Å². The van der Waals surface area contributed by atoms with Gasteiger partial charge in [0.2, 0.25) is 0 Å². The van der Waals surface area contributed by atoms with E-state index in [0.717, 1.165) is 32.5 Å². The maximum absolute atomic E-state index is 4.66. The van der Waals surface area contributed by atoms with Gasteiger partial charge in [-0.25, -0.2) is 4.98 Å². The Morgan fingerprint density at radius 2 is 1.80 bits per heavy atom. The molecule has 0 N–H and O–H groups in total. The van der Waals surface area contributed by atoms with Gasteiger partial charge in [0.1, 0.15) is 5.69 Å². The van der Waals surface area contributed by atoms with Gasteiger partial charge in [-0.3, -0.25) is 4.40 Å². The average Bonchev–Trinajstić information content (AvgIpc) is 2.89. The van der Waals surface area contributed by atoms with Gasteiger partial charge in [0.15, 0.2) is 11.5 Å². The molecule has 5 heteroatoms. The Bertz CT molecular complexity index is 929. The first kappa shape index (κ1) is 11.5. The molecule has 96 valence electrons. The summed E-state index contributed by atoms with van der Waals surface area (Å²) < 4.78 is 2.91. The lowest BCUT2D eigenvalue weighted by Gasteiger charge is -2.02. The van der Waals surface area contributed by atoms with Crippen molar-refractivity contribution in [2.24, 2.45) is 0 Å². The van der Waals surface area contributed by atoms with E-state index in [9.17, 15) is 0 Å². The van der Waals surface area contributed by atoms with Crippen molar-refractivity contribution in [3.8, 4) is 11.5 Å². The molecular weight excluding hydrogens is 316 g/mol. The van der Waals surface area contributed by atoms with Crippen molar-refractivity contribution in [1.29, 1.82) is 0 Å². The van der Waals surface area contributed by atoms with E-state index in [1.165, 1.54) is 0 Å². The zero-order valence-electron chi connectivity index (χ0n) is 10.4. The van der Waals surface area contributed by atoms with Crippen molar-refractivity contribution < 1.29 is 0 Å². The van der Waals surface area contributed by atoms with Crippen LogP contribution in [-0.2, 0) is 0 Å². The first-order valence-electron chi connectivity index (χ1n) is 6.18. The summed E-state index contributed by atoms with van der Waals surface area (Å²) in [7, 11) is 0. The minimum absolute atomic E-state index is 0.743. The van der Waals surface area contributed by atoms with Gasteiger partial charge in [0, 0.05) is 16.1 Å². The van der Waals surface area contributed by atoms with Crippen molar-refractivity contribution in [1.82, 2.24) is 19.6 Å². The highest BCUT2D eigenvalue weighted by molar-refractivity contribution is 9.10. The van der Waals surface area contributed by atoms with Crippen molar-refractivity contribution in [3.05, 3.63) is 59.2 Å². The molecule has 4 rings (SSSR count). The summed E-state index contributed by atoms with van der Waals surface area (Å²) >= 11 is 3.47. The van der Waals surface area contributed by atoms with Gasteiger partial charge in [-0.05, 0) is 40.2 Å². The molecule has 0 bridgehead atoms. The van der Waals surface area contributed by atoms with E-state index in [2.05, 4.69) is 37.2 Å². The number of pyridine rings is 2. The van der Waals surface area contributed by atoms with E-state index in [1.54, 1.807) is 0 Å². The number of nitrogens with zero attached hydrogens (tertiary/aromatic N) is 4. The number of halogens is 1. The summed E-state index contributed by atoms with van der Waals surface area (Å²) in [4.78, 5) is 4.66. The minimum atomic E-state index is 0.743. The van der Waals surface area contributed by atoms with Crippen LogP contribution >= 0.6 is 15.9 Å². The Balaban J connectivity index is 1.98. The van der Waals surface area contributed by atoms with Crippen LogP contribution in [-0.4, -0.2) is 19.6 Å². The number of para-hydroxylation sites is 1. The molecule has 0 aliphatic rings. The number of hydrogen-bond acceptors (Lipinski definition) is 3. The minimum Gasteiger partial charge on any atom is -0.280 e. The van der Waals surface area contributed by atoms with Crippen molar-refractivity contribution in [3.63, 3.8) is 0 Å². The second-order valence-corrected chi connectivity index (χ2v) is 5.40. The Morgan fingerprint density at radius 3 is 2.75 bits per heavy atom. The zero-order chi connectivity index (χ0) is 13.5. The third-order valence-electron chi connectivity index (χ3n) is 3.19. The first-order valence-corrected chi connectivity index (χ1v) is 6.97. The number of aromatic nitrogens is 4. The molecule has 0 amide bonds. The molecule has 20 heavy (non-hydrogen) atoms. The lowest BCUT2D eigenvalue weighted by Crippen LogP contribution is -1.92. The van der Waals surface area contributed by atoms with Crippen LogP contribution in [0.5, 0.6) is 0 Å². The van der Waals surface area contributed by atoms with E-state index < -0.39 is 0 Å². The maximum atomic E-state index is 4.66. The fraction of sp³-hybridized carbons (Fsp3) is 0. The van der Waals surface area contributed by atoms with Gasteiger partial charge >= 0.3 is 0 Å². The van der Waals surface area contributed by atoms with Crippen LogP contribution in [0.2, 0.25) is 0 Å². The van der Waals surface area contributed by atoms with Gasteiger partial charge < -0.3 is 0 Å². The molecule has 0 spiro atoms.